The molecule has 0 aliphatic heterocycles. The van der Waals surface area contributed by atoms with Gasteiger partial charge in [0.05, 0.1) is 17.6 Å². The molecule has 0 aromatic rings. The normalized spacial score (nSPS) is 29.4. The number of methoxy groups -OCH3 is 1. The Labute approximate surface area is 79.4 Å². The van der Waals surface area contributed by atoms with E-state index < -0.39 is 9.84 Å². The van der Waals surface area contributed by atoms with Crippen molar-refractivity contribution in [1.29, 1.82) is 0 Å². The summed E-state index contributed by atoms with van der Waals surface area (Å²) in [7, 11) is -1.52. The SMILES string of the molecule is COCCS(=O)(=O)C1CCCC1N. The summed E-state index contributed by atoms with van der Waals surface area (Å²) in [5, 5.41) is -0.331. The van der Waals surface area contributed by atoms with Crippen LogP contribution in [0.3, 0.4) is 0 Å². The van der Waals surface area contributed by atoms with Crippen LogP contribution in [0.4, 0.5) is 0 Å². The molecule has 13 heavy (non-hydrogen) atoms. The highest BCUT2D eigenvalue weighted by molar-refractivity contribution is 7.92. The summed E-state index contributed by atoms with van der Waals surface area (Å²) in [6.45, 7) is 0.269. The smallest absolute Gasteiger partial charge is 0.156 e. The molecule has 2 unspecified atom stereocenters. The lowest BCUT2D eigenvalue weighted by Crippen LogP contribution is -2.37. The third-order valence-corrected chi connectivity index (χ3v) is 4.78. The fraction of sp³-hybridized carbons (Fsp3) is 1.00. The molecule has 0 heterocycles. The maximum atomic E-state index is 11.6. The first-order chi connectivity index (χ1) is 6.08. The van der Waals surface area contributed by atoms with Gasteiger partial charge in [0.25, 0.3) is 0 Å². The topological polar surface area (TPSA) is 69.4 Å². The Morgan fingerprint density at radius 2 is 2.15 bits per heavy atom. The average molecular weight is 207 g/mol. The fourth-order valence-electron chi connectivity index (χ4n) is 1.75. The average Bonchev–Trinajstić information content (AvgIpc) is 2.48. The zero-order valence-electron chi connectivity index (χ0n) is 7.90. The minimum atomic E-state index is -3.02. The van der Waals surface area contributed by atoms with Gasteiger partial charge >= 0.3 is 0 Å². The highest BCUT2D eigenvalue weighted by atomic mass is 32.2. The van der Waals surface area contributed by atoms with Gasteiger partial charge in [-0.1, -0.05) is 6.42 Å². The second-order valence-corrected chi connectivity index (χ2v) is 5.83. The summed E-state index contributed by atoms with van der Waals surface area (Å²) in [5.74, 6) is 0.0991. The summed E-state index contributed by atoms with van der Waals surface area (Å²) in [5.41, 5.74) is 5.72. The Balaban J connectivity index is 2.58. The molecule has 0 aromatic carbocycles. The van der Waals surface area contributed by atoms with Gasteiger partial charge in [-0.05, 0) is 12.8 Å². The number of rotatable bonds is 4. The zero-order chi connectivity index (χ0) is 9.90. The molecule has 1 rings (SSSR count). The van der Waals surface area contributed by atoms with Gasteiger partial charge in [0.1, 0.15) is 0 Å². The van der Waals surface area contributed by atoms with Crippen LogP contribution >= 0.6 is 0 Å². The van der Waals surface area contributed by atoms with Gasteiger partial charge in [0.15, 0.2) is 9.84 Å². The van der Waals surface area contributed by atoms with Crippen LogP contribution in [0.25, 0.3) is 0 Å². The standard InChI is InChI=1S/C8H17NO3S/c1-12-5-6-13(10,11)8-4-2-3-7(8)9/h7-8H,2-6,9H2,1H3. The van der Waals surface area contributed by atoms with Crippen LogP contribution in [-0.2, 0) is 14.6 Å². The summed E-state index contributed by atoms with van der Waals surface area (Å²) in [6, 6.07) is -0.165. The Hall–Kier alpha value is -0.130. The molecule has 78 valence electrons. The summed E-state index contributed by atoms with van der Waals surface area (Å²) >= 11 is 0. The molecule has 4 nitrogen and oxygen atoms in total. The van der Waals surface area contributed by atoms with Crippen molar-refractivity contribution in [2.24, 2.45) is 5.73 Å². The van der Waals surface area contributed by atoms with E-state index in [1.54, 1.807) is 0 Å². The van der Waals surface area contributed by atoms with Crippen molar-refractivity contribution in [3.05, 3.63) is 0 Å². The second-order valence-electron chi connectivity index (χ2n) is 3.49. The highest BCUT2D eigenvalue weighted by Crippen LogP contribution is 2.24. The molecule has 1 fully saturated rings. The number of sulfone groups is 1. The quantitative estimate of drug-likeness (QED) is 0.700. The number of hydrogen-bond donors (Lipinski definition) is 1. The Kier molecular flexibility index (Phi) is 3.70. The monoisotopic (exact) mass is 207 g/mol. The lowest BCUT2D eigenvalue weighted by Gasteiger charge is -2.15. The molecule has 0 saturated heterocycles. The van der Waals surface area contributed by atoms with Crippen molar-refractivity contribution in [1.82, 2.24) is 0 Å². The molecular weight excluding hydrogens is 190 g/mol. The van der Waals surface area contributed by atoms with Crippen LogP contribution in [0.15, 0.2) is 0 Å². The van der Waals surface area contributed by atoms with Gasteiger partial charge in [-0.3, -0.25) is 0 Å². The predicted molar refractivity (Wildman–Crippen MR) is 51.3 cm³/mol. The van der Waals surface area contributed by atoms with E-state index >= 15 is 0 Å². The van der Waals surface area contributed by atoms with Crippen LogP contribution in [0.5, 0.6) is 0 Å². The van der Waals surface area contributed by atoms with Crippen molar-refractivity contribution >= 4 is 9.84 Å². The predicted octanol–water partition coefficient (Wildman–Crippen LogP) is -0.0726. The first-order valence-corrected chi connectivity index (χ1v) is 6.25. The molecule has 0 amide bonds. The van der Waals surface area contributed by atoms with E-state index in [-0.39, 0.29) is 23.7 Å². The zero-order valence-corrected chi connectivity index (χ0v) is 8.72. The number of hydrogen-bond acceptors (Lipinski definition) is 4. The van der Waals surface area contributed by atoms with E-state index in [9.17, 15) is 8.42 Å². The van der Waals surface area contributed by atoms with Crippen LogP contribution in [0.2, 0.25) is 0 Å². The lowest BCUT2D eigenvalue weighted by molar-refractivity contribution is 0.217. The molecule has 0 radical (unpaired) electrons. The Morgan fingerprint density at radius 1 is 1.46 bits per heavy atom. The summed E-state index contributed by atoms with van der Waals surface area (Å²) < 4.78 is 28.0. The molecule has 0 aromatic heterocycles. The fourth-order valence-corrected chi connectivity index (χ4v) is 3.65. The molecule has 1 aliphatic carbocycles. The van der Waals surface area contributed by atoms with Gasteiger partial charge in [-0.15, -0.1) is 0 Å². The summed E-state index contributed by atoms with van der Waals surface area (Å²) in [6.07, 6.45) is 2.47. The van der Waals surface area contributed by atoms with E-state index in [4.69, 9.17) is 10.5 Å². The molecule has 2 N–H and O–H groups in total. The maximum Gasteiger partial charge on any atom is 0.156 e. The number of nitrogens with two attached hydrogens (primary N) is 1. The molecular formula is C8H17NO3S. The van der Waals surface area contributed by atoms with Gasteiger partial charge < -0.3 is 10.5 Å². The van der Waals surface area contributed by atoms with Gasteiger partial charge in [0, 0.05) is 13.2 Å². The maximum absolute atomic E-state index is 11.6. The Bertz CT molecular complexity index is 250. The Morgan fingerprint density at radius 3 is 2.62 bits per heavy atom. The van der Waals surface area contributed by atoms with Crippen molar-refractivity contribution in [3.8, 4) is 0 Å². The summed E-state index contributed by atoms with van der Waals surface area (Å²) in [4.78, 5) is 0. The van der Waals surface area contributed by atoms with E-state index in [0.717, 1.165) is 12.8 Å². The van der Waals surface area contributed by atoms with Crippen LogP contribution in [-0.4, -0.2) is 39.2 Å². The van der Waals surface area contributed by atoms with Crippen molar-refractivity contribution in [2.45, 2.75) is 30.6 Å². The van der Waals surface area contributed by atoms with Crippen LogP contribution < -0.4 is 5.73 Å². The van der Waals surface area contributed by atoms with Gasteiger partial charge in [-0.25, -0.2) is 8.42 Å². The minimum absolute atomic E-state index is 0.0991. The van der Waals surface area contributed by atoms with Crippen LogP contribution in [0, 0.1) is 0 Å². The number of ether oxygens (including phenoxy) is 1. The van der Waals surface area contributed by atoms with Crippen molar-refractivity contribution in [2.75, 3.05) is 19.5 Å². The van der Waals surface area contributed by atoms with E-state index in [1.165, 1.54) is 7.11 Å². The van der Waals surface area contributed by atoms with Gasteiger partial charge in [-0.2, -0.15) is 0 Å². The molecule has 5 heteroatoms. The lowest BCUT2D eigenvalue weighted by atomic mass is 10.3. The molecule has 0 bridgehead atoms. The van der Waals surface area contributed by atoms with Crippen molar-refractivity contribution < 1.29 is 13.2 Å². The third kappa shape index (κ3) is 2.65. The minimum Gasteiger partial charge on any atom is -0.384 e. The largest absolute Gasteiger partial charge is 0.384 e. The van der Waals surface area contributed by atoms with Crippen molar-refractivity contribution in [3.63, 3.8) is 0 Å². The van der Waals surface area contributed by atoms with E-state index in [1.807, 2.05) is 0 Å². The first-order valence-electron chi connectivity index (χ1n) is 4.54. The van der Waals surface area contributed by atoms with Crippen LogP contribution in [0.1, 0.15) is 19.3 Å². The van der Waals surface area contributed by atoms with E-state index in [2.05, 4.69) is 0 Å². The molecule has 2 atom stereocenters. The molecule has 1 aliphatic rings. The second kappa shape index (κ2) is 4.39. The molecule has 1 saturated carbocycles. The third-order valence-electron chi connectivity index (χ3n) is 2.54. The van der Waals surface area contributed by atoms with Gasteiger partial charge in [0.2, 0.25) is 0 Å². The first kappa shape index (κ1) is 10.9. The molecule has 0 spiro atoms. The highest BCUT2D eigenvalue weighted by Gasteiger charge is 2.34. The van der Waals surface area contributed by atoms with E-state index in [0.29, 0.717) is 6.42 Å².